The molecule has 2 aromatic rings. The van der Waals surface area contributed by atoms with E-state index < -0.39 is 0 Å². The van der Waals surface area contributed by atoms with Crippen molar-refractivity contribution in [2.45, 2.75) is 13.8 Å². The van der Waals surface area contributed by atoms with Crippen molar-refractivity contribution in [1.29, 1.82) is 0 Å². The molecule has 0 saturated heterocycles. The van der Waals surface area contributed by atoms with Crippen LogP contribution in [-0.2, 0) is 0 Å². The molecule has 0 bridgehead atoms. The van der Waals surface area contributed by atoms with Crippen molar-refractivity contribution in [3.8, 4) is 0 Å². The monoisotopic (exact) mass is 263 g/mol. The van der Waals surface area contributed by atoms with Crippen molar-refractivity contribution < 1.29 is 0 Å². The summed E-state index contributed by atoms with van der Waals surface area (Å²) in [6, 6.07) is 8.26. The SMILES string of the molecule is CN(C)CC(C)(C)CNc1nc2ccccc2s1. The predicted molar refractivity (Wildman–Crippen MR) is 80.4 cm³/mol. The zero-order valence-corrected chi connectivity index (χ0v) is 12.3. The van der Waals surface area contributed by atoms with E-state index in [9.17, 15) is 0 Å². The molecule has 3 nitrogen and oxygen atoms in total. The molecule has 0 radical (unpaired) electrons. The number of benzene rings is 1. The van der Waals surface area contributed by atoms with Crippen molar-refractivity contribution in [1.82, 2.24) is 9.88 Å². The summed E-state index contributed by atoms with van der Waals surface area (Å²) in [7, 11) is 4.22. The zero-order chi connectivity index (χ0) is 13.2. The second kappa shape index (κ2) is 5.24. The highest BCUT2D eigenvalue weighted by molar-refractivity contribution is 7.22. The molecule has 0 unspecified atom stereocenters. The molecule has 1 heterocycles. The minimum Gasteiger partial charge on any atom is -0.361 e. The molecule has 0 spiro atoms. The molecular formula is C14H21N3S. The molecule has 0 aliphatic heterocycles. The number of fused-ring (bicyclic) bond motifs is 1. The topological polar surface area (TPSA) is 28.2 Å². The van der Waals surface area contributed by atoms with Gasteiger partial charge in [0.1, 0.15) is 0 Å². The highest BCUT2D eigenvalue weighted by atomic mass is 32.1. The summed E-state index contributed by atoms with van der Waals surface area (Å²) >= 11 is 1.72. The van der Waals surface area contributed by atoms with Gasteiger partial charge < -0.3 is 10.2 Å². The fourth-order valence-corrected chi connectivity index (χ4v) is 3.04. The average molecular weight is 263 g/mol. The number of thiazole rings is 1. The molecule has 2 rings (SSSR count). The molecule has 1 N–H and O–H groups in total. The van der Waals surface area contributed by atoms with Gasteiger partial charge >= 0.3 is 0 Å². The van der Waals surface area contributed by atoms with Crippen LogP contribution in [0.25, 0.3) is 10.2 Å². The van der Waals surface area contributed by atoms with Crippen LogP contribution in [0.2, 0.25) is 0 Å². The molecule has 0 atom stereocenters. The molecule has 0 aliphatic carbocycles. The van der Waals surface area contributed by atoms with Gasteiger partial charge in [0.15, 0.2) is 5.13 Å². The van der Waals surface area contributed by atoms with E-state index in [1.54, 1.807) is 11.3 Å². The normalized spacial score (nSPS) is 12.3. The first kappa shape index (κ1) is 13.3. The van der Waals surface area contributed by atoms with E-state index in [-0.39, 0.29) is 5.41 Å². The number of nitrogens with one attached hydrogen (secondary N) is 1. The summed E-state index contributed by atoms with van der Waals surface area (Å²) < 4.78 is 1.24. The van der Waals surface area contributed by atoms with Crippen molar-refractivity contribution in [3.63, 3.8) is 0 Å². The van der Waals surface area contributed by atoms with Gasteiger partial charge in [-0.05, 0) is 31.6 Å². The van der Waals surface area contributed by atoms with E-state index in [1.807, 2.05) is 6.07 Å². The van der Waals surface area contributed by atoms with Gasteiger partial charge in [0.2, 0.25) is 0 Å². The van der Waals surface area contributed by atoms with Crippen LogP contribution in [0.5, 0.6) is 0 Å². The Kier molecular flexibility index (Phi) is 3.88. The number of rotatable bonds is 5. The lowest BCUT2D eigenvalue weighted by atomic mass is 9.93. The number of nitrogens with zero attached hydrogens (tertiary/aromatic N) is 2. The Labute approximate surface area is 113 Å². The van der Waals surface area contributed by atoms with Gasteiger partial charge in [0, 0.05) is 13.1 Å². The van der Waals surface area contributed by atoms with Crippen molar-refractivity contribution in [2.24, 2.45) is 5.41 Å². The molecule has 98 valence electrons. The third kappa shape index (κ3) is 3.43. The smallest absolute Gasteiger partial charge is 0.183 e. The summed E-state index contributed by atoms with van der Waals surface area (Å²) in [5.41, 5.74) is 1.32. The highest BCUT2D eigenvalue weighted by Gasteiger charge is 2.19. The van der Waals surface area contributed by atoms with E-state index in [0.717, 1.165) is 23.7 Å². The van der Waals surface area contributed by atoms with Crippen LogP contribution >= 0.6 is 11.3 Å². The van der Waals surface area contributed by atoms with Gasteiger partial charge in [-0.15, -0.1) is 0 Å². The number of para-hydroxylation sites is 1. The molecule has 18 heavy (non-hydrogen) atoms. The fourth-order valence-electron chi connectivity index (χ4n) is 2.17. The first-order chi connectivity index (χ1) is 8.46. The van der Waals surface area contributed by atoms with Gasteiger partial charge in [-0.2, -0.15) is 0 Å². The van der Waals surface area contributed by atoms with E-state index >= 15 is 0 Å². The maximum atomic E-state index is 4.59. The number of hydrogen-bond donors (Lipinski definition) is 1. The first-order valence-electron chi connectivity index (χ1n) is 6.20. The van der Waals surface area contributed by atoms with Crippen LogP contribution in [0.4, 0.5) is 5.13 Å². The second-order valence-corrected chi connectivity index (χ2v) is 6.77. The van der Waals surface area contributed by atoms with Crippen LogP contribution in [0, 0.1) is 5.41 Å². The Bertz CT molecular complexity index is 483. The molecule has 1 aromatic carbocycles. The first-order valence-corrected chi connectivity index (χ1v) is 7.02. The number of hydrogen-bond acceptors (Lipinski definition) is 4. The number of aromatic nitrogens is 1. The maximum absolute atomic E-state index is 4.59. The van der Waals surface area contributed by atoms with Crippen molar-refractivity contribution in [3.05, 3.63) is 24.3 Å². The summed E-state index contributed by atoms with van der Waals surface area (Å²) in [5.74, 6) is 0. The summed E-state index contributed by atoms with van der Waals surface area (Å²) in [6.45, 7) is 6.54. The zero-order valence-electron chi connectivity index (χ0n) is 11.5. The molecule has 0 amide bonds. The summed E-state index contributed by atoms with van der Waals surface area (Å²) in [4.78, 5) is 6.81. The molecule has 4 heteroatoms. The molecule has 0 fully saturated rings. The molecular weight excluding hydrogens is 242 g/mol. The highest BCUT2D eigenvalue weighted by Crippen LogP contribution is 2.26. The van der Waals surface area contributed by atoms with Gasteiger partial charge in [0.25, 0.3) is 0 Å². The van der Waals surface area contributed by atoms with Gasteiger partial charge in [-0.1, -0.05) is 37.3 Å². The Morgan fingerprint density at radius 3 is 2.67 bits per heavy atom. The Hall–Kier alpha value is -1.13. The third-order valence-electron chi connectivity index (χ3n) is 2.76. The van der Waals surface area contributed by atoms with Gasteiger partial charge in [-0.25, -0.2) is 4.98 Å². The molecule has 0 saturated carbocycles. The minimum absolute atomic E-state index is 0.237. The van der Waals surface area contributed by atoms with Gasteiger partial charge in [0.05, 0.1) is 10.2 Å². The fraction of sp³-hybridized carbons (Fsp3) is 0.500. The lowest BCUT2D eigenvalue weighted by molar-refractivity contribution is 0.254. The quantitative estimate of drug-likeness (QED) is 0.897. The van der Waals surface area contributed by atoms with E-state index in [4.69, 9.17) is 0 Å². The van der Waals surface area contributed by atoms with Crippen LogP contribution in [0.3, 0.4) is 0 Å². The predicted octanol–water partition coefficient (Wildman–Crippen LogP) is 3.30. The Balaban J connectivity index is 2.01. The molecule has 0 aliphatic rings. The van der Waals surface area contributed by atoms with E-state index in [1.165, 1.54) is 4.70 Å². The minimum atomic E-state index is 0.237. The standard InChI is InChI=1S/C14H21N3S/c1-14(2,10-17(3)4)9-15-13-16-11-7-5-6-8-12(11)18-13/h5-8H,9-10H2,1-4H3,(H,15,16). The van der Waals surface area contributed by atoms with Crippen LogP contribution in [0.1, 0.15) is 13.8 Å². The van der Waals surface area contributed by atoms with Crippen molar-refractivity contribution >= 4 is 26.7 Å². The summed E-state index contributed by atoms with van der Waals surface area (Å²) in [6.07, 6.45) is 0. The van der Waals surface area contributed by atoms with Crippen LogP contribution in [-0.4, -0.2) is 37.1 Å². The Morgan fingerprint density at radius 1 is 1.28 bits per heavy atom. The maximum Gasteiger partial charge on any atom is 0.183 e. The lowest BCUT2D eigenvalue weighted by Crippen LogP contribution is -2.34. The van der Waals surface area contributed by atoms with E-state index in [2.05, 4.69) is 61.3 Å². The van der Waals surface area contributed by atoms with Crippen LogP contribution in [0.15, 0.2) is 24.3 Å². The third-order valence-corrected chi connectivity index (χ3v) is 3.75. The molecule has 1 aromatic heterocycles. The number of anilines is 1. The summed E-state index contributed by atoms with van der Waals surface area (Å²) in [5, 5.41) is 4.48. The van der Waals surface area contributed by atoms with E-state index in [0.29, 0.717) is 0 Å². The Morgan fingerprint density at radius 2 is 2.00 bits per heavy atom. The van der Waals surface area contributed by atoms with Crippen LogP contribution < -0.4 is 5.32 Å². The largest absolute Gasteiger partial charge is 0.361 e. The average Bonchev–Trinajstić information content (AvgIpc) is 2.67. The second-order valence-electron chi connectivity index (χ2n) is 5.74. The lowest BCUT2D eigenvalue weighted by Gasteiger charge is -2.28. The van der Waals surface area contributed by atoms with Gasteiger partial charge in [-0.3, -0.25) is 0 Å². The van der Waals surface area contributed by atoms with Crippen molar-refractivity contribution in [2.75, 3.05) is 32.5 Å².